The van der Waals surface area contributed by atoms with Crippen LogP contribution in [0.5, 0.6) is 5.75 Å². The highest BCUT2D eigenvalue weighted by atomic mass is 16.5. The third-order valence-corrected chi connectivity index (χ3v) is 4.91. The predicted molar refractivity (Wildman–Crippen MR) is 115 cm³/mol. The minimum atomic E-state index is -0.520. The summed E-state index contributed by atoms with van der Waals surface area (Å²) in [6.07, 6.45) is -0.520. The minimum Gasteiger partial charge on any atom is -0.497 e. The topological polar surface area (TPSA) is 46.4 Å². The molecule has 28 heavy (non-hydrogen) atoms. The first-order valence-electron chi connectivity index (χ1n) is 9.44. The predicted octanol–water partition coefficient (Wildman–Crippen LogP) is 4.79. The van der Waals surface area contributed by atoms with Gasteiger partial charge in [-0.15, -0.1) is 0 Å². The Labute approximate surface area is 165 Å². The molecule has 4 aromatic rings. The number of hydrogen-bond acceptors (Lipinski definition) is 3. The molecule has 0 aliphatic carbocycles. The number of aliphatic hydroxyl groups excluding tert-OH is 1. The van der Waals surface area contributed by atoms with Gasteiger partial charge in [0.2, 0.25) is 0 Å². The summed E-state index contributed by atoms with van der Waals surface area (Å²) < 4.78 is 7.47. The zero-order chi connectivity index (χ0) is 19.3. The maximum Gasteiger partial charge on any atom is 0.118 e. The Kier molecular flexibility index (Phi) is 5.31. The maximum absolute atomic E-state index is 10.7. The molecule has 4 rings (SSSR count). The molecule has 3 aromatic carbocycles. The number of aliphatic hydroxyl groups is 1. The number of methoxy groups -OCH3 is 1. The lowest BCUT2D eigenvalue weighted by Crippen LogP contribution is -2.25. The van der Waals surface area contributed by atoms with Crippen LogP contribution in [-0.2, 0) is 6.54 Å². The Balaban J connectivity index is 1.61. The van der Waals surface area contributed by atoms with Gasteiger partial charge in [0.25, 0.3) is 0 Å². The van der Waals surface area contributed by atoms with E-state index in [-0.39, 0.29) is 0 Å². The number of para-hydroxylation sites is 2. The smallest absolute Gasteiger partial charge is 0.118 e. The van der Waals surface area contributed by atoms with Gasteiger partial charge in [-0.1, -0.05) is 36.4 Å². The molecule has 0 saturated heterocycles. The Morgan fingerprint density at radius 1 is 0.929 bits per heavy atom. The Morgan fingerprint density at radius 2 is 1.64 bits per heavy atom. The molecule has 1 aromatic heterocycles. The molecule has 1 unspecified atom stereocenters. The number of ether oxygens (including phenoxy) is 1. The van der Waals surface area contributed by atoms with Gasteiger partial charge in [-0.2, -0.15) is 0 Å². The number of nitrogens with zero attached hydrogens (tertiary/aromatic N) is 1. The number of fused-ring (bicyclic) bond motifs is 1. The third kappa shape index (κ3) is 3.87. The van der Waals surface area contributed by atoms with Crippen LogP contribution in [0, 0.1) is 0 Å². The summed E-state index contributed by atoms with van der Waals surface area (Å²) in [5.41, 5.74) is 4.31. The van der Waals surface area contributed by atoms with Gasteiger partial charge in [0.1, 0.15) is 5.75 Å². The summed E-state index contributed by atoms with van der Waals surface area (Å²) in [5.74, 6) is 0.832. The minimum absolute atomic E-state index is 0.485. The van der Waals surface area contributed by atoms with Crippen molar-refractivity contribution < 1.29 is 9.84 Å². The van der Waals surface area contributed by atoms with Crippen molar-refractivity contribution in [2.45, 2.75) is 12.6 Å². The van der Waals surface area contributed by atoms with Crippen LogP contribution in [-0.4, -0.2) is 29.4 Å². The van der Waals surface area contributed by atoms with Gasteiger partial charge >= 0.3 is 0 Å². The van der Waals surface area contributed by atoms with Crippen LogP contribution in [0.3, 0.4) is 0 Å². The van der Waals surface area contributed by atoms with E-state index in [0.717, 1.165) is 33.6 Å². The fraction of sp³-hybridized carbons (Fsp3) is 0.167. The number of benzene rings is 3. The molecule has 0 aliphatic rings. The van der Waals surface area contributed by atoms with E-state index in [4.69, 9.17) is 4.74 Å². The normalized spacial score (nSPS) is 12.1. The van der Waals surface area contributed by atoms with E-state index in [2.05, 4.69) is 40.2 Å². The van der Waals surface area contributed by atoms with Crippen LogP contribution in [0.4, 0.5) is 5.69 Å². The van der Waals surface area contributed by atoms with Crippen molar-refractivity contribution >= 4 is 16.6 Å². The van der Waals surface area contributed by atoms with Crippen LogP contribution < -0.4 is 10.1 Å². The van der Waals surface area contributed by atoms with Gasteiger partial charge in [-0.05, 0) is 54.1 Å². The van der Waals surface area contributed by atoms with Crippen molar-refractivity contribution in [3.8, 4) is 17.0 Å². The third-order valence-electron chi connectivity index (χ3n) is 4.91. The Morgan fingerprint density at radius 3 is 2.39 bits per heavy atom. The molecule has 4 nitrogen and oxygen atoms in total. The number of hydrogen-bond donors (Lipinski definition) is 2. The van der Waals surface area contributed by atoms with Gasteiger partial charge in [0.15, 0.2) is 0 Å². The highest BCUT2D eigenvalue weighted by Crippen LogP contribution is 2.29. The molecule has 0 radical (unpaired) electrons. The zero-order valence-corrected chi connectivity index (χ0v) is 15.9. The monoisotopic (exact) mass is 372 g/mol. The first-order valence-corrected chi connectivity index (χ1v) is 9.44. The summed E-state index contributed by atoms with van der Waals surface area (Å²) in [6, 6.07) is 28.4. The van der Waals surface area contributed by atoms with Gasteiger partial charge < -0.3 is 19.7 Å². The molecule has 1 atom stereocenters. The molecule has 0 fully saturated rings. The van der Waals surface area contributed by atoms with E-state index in [9.17, 15) is 5.11 Å². The van der Waals surface area contributed by atoms with Gasteiger partial charge in [0, 0.05) is 28.8 Å². The zero-order valence-electron chi connectivity index (χ0n) is 15.9. The van der Waals surface area contributed by atoms with Crippen LogP contribution in [0.25, 0.3) is 22.2 Å². The molecule has 1 heterocycles. The highest BCUT2D eigenvalue weighted by molar-refractivity contribution is 5.87. The van der Waals surface area contributed by atoms with Crippen molar-refractivity contribution in [3.63, 3.8) is 0 Å². The molecule has 2 N–H and O–H groups in total. The van der Waals surface area contributed by atoms with Crippen molar-refractivity contribution in [3.05, 3.63) is 84.9 Å². The second-order valence-electron chi connectivity index (χ2n) is 6.83. The quantitative estimate of drug-likeness (QED) is 0.490. The van der Waals surface area contributed by atoms with E-state index in [1.807, 2.05) is 54.6 Å². The van der Waals surface area contributed by atoms with Crippen LogP contribution >= 0.6 is 0 Å². The summed E-state index contributed by atoms with van der Waals surface area (Å²) in [7, 11) is 1.67. The molecule has 142 valence electrons. The lowest BCUT2D eigenvalue weighted by atomic mass is 10.1. The second-order valence-corrected chi connectivity index (χ2v) is 6.83. The number of anilines is 1. The summed E-state index contributed by atoms with van der Waals surface area (Å²) >= 11 is 0. The Hall–Kier alpha value is -3.24. The Bertz CT molecular complexity index is 1040. The molecular formula is C24H24N2O2. The van der Waals surface area contributed by atoms with Crippen molar-refractivity contribution in [2.75, 3.05) is 19.0 Å². The first-order chi connectivity index (χ1) is 13.7. The van der Waals surface area contributed by atoms with Crippen molar-refractivity contribution in [2.24, 2.45) is 0 Å². The number of rotatable bonds is 7. The van der Waals surface area contributed by atoms with E-state index in [1.54, 1.807) is 7.11 Å². The van der Waals surface area contributed by atoms with Gasteiger partial charge in [-0.25, -0.2) is 0 Å². The standard InChI is InChI=1S/C24H24N2O2/c1-28-22-13-11-18(12-14-22)24-15-19-7-5-6-10-23(19)26(24)17-21(27)16-25-20-8-3-2-4-9-20/h2-15,21,25,27H,16-17H2,1H3. The molecule has 4 heteroatoms. The van der Waals surface area contributed by atoms with Gasteiger partial charge in [-0.3, -0.25) is 0 Å². The number of aromatic nitrogens is 1. The van der Waals surface area contributed by atoms with E-state index in [0.29, 0.717) is 13.1 Å². The summed E-state index contributed by atoms with van der Waals surface area (Å²) in [4.78, 5) is 0. The number of nitrogens with one attached hydrogen (secondary N) is 1. The van der Waals surface area contributed by atoms with Crippen LogP contribution in [0.2, 0.25) is 0 Å². The SMILES string of the molecule is COc1ccc(-c2cc3ccccc3n2CC(O)CNc2ccccc2)cc1. The average Bonchev–Trinajstić information content (AvgIpc) is 3.11. The van der Waals surface area contributed by atoms with Crippen molar-refractivity contribution in [1.29, 1.82) is 0 Å². The molecular weight excluding hydrogens is 348 g/mol. The molecule has 0 bridgehead atoms. The van der Waals surface area contributed by atoms with Crippen LogP contribution in [0.1, 0.15) is 0 Å². The summed E-state index contributed by atoms with van der Waals surface area (Å²) in [5, 5.41) is 15.2. The summed E-state index contributed by atoms with van der Waals surface area (Å²) in [6.45, 7) is 0.993. The van der Waals surface area contributed by atoms with E-state index in [1.165, 1.54) is 0 Å². The maximum atomic E-state index is 10.7. The average molecular weight is 372 g/mol. The van der Waals surface area contributed by atoms with E-state index >= 15 is 0 Å². The largest absolute Gasteiger partial charge is 0.497 e. The van der Waals surface area contributed by atoms with E-state index < -0.39 is 6.10 Å². The lowest BCUT2D eigenvalue weighted by molar-refractivity contribution is 0.169. The molecule has 0 spiro atoms. The molecule has 0 amide bonds. The molecule has 0 aliphatic heterocycles. The first kappa shape index (κ1) is 18.1. The molecule has 0 saturated carbocycles. The fourth-order valence-corrected chi connectivity index (χ4v) is 3.47. The van der Waals surface area contributed by atoms with Gasteiger partial charge in [0.05, 0.1) is 19.8 Å². The van der Waals surface area contributed by atoms with Crippen molar-refractivity contribution in [1.82, 2.24) is 4.57 Å². The highest BCUT2D eigenvalue weighted by Gasteiger charge is 2.14. The fourth-order valence-electron chi connectivity index (χ4n) is 3.47. The van der Waals surface area contributed by atoms with Crippen LogP contribution in [0.15, 0.2) is 84.9 Å². The lowest BCUT2D eigenvalue weighted by Gasteiger charge is -2.17. The second kappa shape index (κ2) is 8.19.